The molecule has 0 aromatic heterocycles. The Morgan fingerprint density at radius 2 is 0.448 bits per heavy atom. The number of amides is 2. The Balaban J connectivity index is 5.41. The smallest absolute Gasteiger partial charge is 0.306 e. The van der Waals surface area contributed by atoms with E-state index in [2.05, 4.69) is 62.0 Å². The molecule has 0 spiro atoms. The van der Waals surface area contributed by atoms with Crippen LogP contribution in [0.15, 0.2) is 0 Å². The first kappa shape index (κ1) is 102. The van der Waals surface area contributed by atoms with Crippen molar-refractivity contribution < 1.29 is 47.7 Å². The molecule has 0 aromatic rings. The molecule has 0 fully saturated rings. The van der Waals surface area contributed by atoms with Gasteiger partial charge in [-0.3, -0.25) is 28.8 Å². The fourth-order valence-electron chi connectivity index (χ4n) is 14.4. The third-order valence-corrected chi connectivity index (χ3v) is 21.4. The van der Waals surface area contributed by atoms with Crippen molar-refractivity contribution in [2.45, 2.75) is 484 Å². The zero-order valence-corrected chi connectivity index (χ0v) is 70.6. The number of carbonyl (C=O) groups is 6. The average molecular weight is 1490 g/mol. The Labute approximate surface area is 650 Å². The molecule has 14 heteroatoms. The SMILES string of the molecule is CCCCCCCCCOC(=O)CCCCCCCN(CCCCCCCC(=O)OC(CCCCCCCC)CCCCCCCC)CCNC(=O)CC(=O)NCCN(CCCCCCCC(=O)OCCCCCCCCC)CCCCCCCC(=O)OC(CCCCCCCC)CCCCCCCC. The minimum Gasteiger partial charge on any atom is -0.466 e. The monoisotopic (exact) mass is 1490 g/mol. The maximum atomic E-state index is 13.3. The Hall–Kier alpha value is -3.26. The fraction of sp³-hybridized carbons (Fsp3) is 0.934. The van der Waals surface area contributed by atoms with Crippen LogP contribution >= 0.6 is 0 Å². The molecular formula is C91H176N4O10. The van der Waals surface area contributed by atoms with E-state index in [1.54, 1.807) is 0 Å². The summed E-state index contributed by atoms with van der Waals surface area (Å²) in [5.41, 5.74) is 0. The lowest BCUT2D eigenvalue weighted by molar-refractivity contribution is -0.151. The van der Waals surface area contributed by atoms with E-state index in [1.165, 1.54) is 193 Å². The summed E-state index contributed by atoms with van der Waals surface area (Å²) in [6.07, 6.45) is 73.1. The number of hydrogen-bond acceptors (Lipinski definition) is 12. The molecule has 0 aliphatic heterocycles. The zero-order valence-electron chi connectivity index (χ0n) is 70.6. The van der Waals surface area contributed by atoms with E-state index in [0.29, 0.717) is 52.0 Å². The number of unbranched alkanes of at least 4 members (excludes halogenated alkanes) is 48. The van der Waals surface area contributed by atoms with Gasteiger partial charge >= 0.3 is 23.9 Å². The third-order valence-electron chi connectivity index (χ3n) is 21.4. The van der Waals surface area contributed by atoms with E-state index in [0.717, 1.165) is 245 Å². The topological polar surface area (TPSA) is 170 Å². The molecule has 0 saturated heterocycles. The average Bonchev–Trinajstić information content (AvgIpc) is 1.33. The first-order chi connectivity index (χ1) is 51.5. The van der Waals surface area contributed by atoms with Crippen molar-refractivity contribution in [1.82, 2.24) is 20.4 Å². The van der Waals surface area contributed by atoms with Gasteiger partial charge in [-0.05, 0) is 142 Å². The molecule has 0 aliphatic rings. The van der Waals surface area contributed by atoms with Gasteiger partial charge < -0.3 is 39.4 Å². The van der Waals surface area contributed by atoms with Gasteiger partial charge in [-0.2, -0.15) is 0 Å². The van der Waals surface area contributed by atoms with Crippen molar-refractivity contribution in [2.24, 2.45) is 0 Å². The van der Waals surface area contributed by atoms with Gasteiger partial charge in [0.1, 0.15) is 18.6 Å². The second kappa shape index (κ2) is 83.2. The lowest BCUT2D eigenvalue weighted by Crippen LogP contribution is -2.40. The van der Waals surface area contributed by atoms with Crippen LogP contribution in [0.5, 0.6) is 0 Å². The highest BCUT2D eigenvalue weighted by atomic mass is 16.6. The van der Waals surface area contributed by atoms with Gasteiger partial charge in [-0.15, -0.1) is 0 Å². The summed E-state index contributed by atoms with van der Waals surface area (Å²) in [5.74, 6) is -0.689. The highest BCUT2D eigenvalue weighted by molar-refractivity contribution is 5.96. The maximum absolute atomic E-state index is 13.3. The first-order valence-corrected chi connectivity index (χ1v) is 46.2. The van der Waals surface area contributed by atoms with E-state index in [1.807, 2.05) is 0 Å². The van der Waals surface area contributed by atoms with Gasteiger partial charge in [0, 0.05) is 51.9 Å². The Kier molecular flexibility index (Phi) is 80.6. The van der Waals surface area contributed by atoms with Crippen LogP contribution in [0.1, 0.15) is 472 Å². The van der Waals surface area contributed by atoms with Crippen LogP contribution in [0, 0.1) is 0 Å². The lowest BCUT2D eigenvalue weighted by Gasteiger charge is -2.23. The van der Waals surface area contributed by atoms with E-state index in [4.69, 9.17) is 18.9 Å². The molecule has 0 aliphatic carbocycles. The summed E-state index contributed by atoms with van der Waals surface area (Å²) in [4.78, 5) is 82.5. The quantitative estimate of drug-likeness (QED) is 0.0256. The predicted octanol–water partition coefficient (Wildman–Crippen LogP) is 25.0. The summed E-state index contributed by atoms with van der Waals surface area (Å²) < 4.78 is 23.3. The van der Waals surface area contributed by atoms with E-state index < -0.39 is 0 Å². The van der Waals surface area contributed by atoms with Gasteiger partial charge in [-0.25, -0.2) is 0 Å². The number of esters is 4. The fourth-order valence-corrected chi connectivity index (χ4v) is 14.4. The van der Waals surface area contributed by atoms with Gasteiger partial charge in [-0.1, -0.05) is 324 Å². The van der Waals surface area contributed by atoms with E-state index in [-0.39, 0.29) is 54.3 Å². The summed E-state index contributed by atoms with van der Waals surface area (Å²) in [5, 5.41) is 6.13. The number of nitrogens with zero attached hydrogens (tertiary/aromatic N) is 2. The summed E-state index contributed by atoms with van der Waals surface area (Å²) >= 11 is 0. The summed E-state index contributed by atoms with van der Waals surface area (Å²) in [7, 11) is 0. The molecule has 0 saturated carbocycles. The zero-order chi connectivity index (χ0) is 76.5. The molecule has 0 unspecified atom stereocenters. The van der Waals surface area contributed by atoms with Gasteiger partial charge in [0.25, 0.3) is 0 Å². The molecule has 2 amide bonds. The lowest BCUT2D eigenvalue weighted by atomic mass is 10.0. The van der Waals surface area contributed by atoms with Crippen molar-refractivity contribution in [3.8, 4) is 0 Å². The van der Waals surface area contributed by atoms with Crippen molar-refractivity contribution in [1.29, 1.82) is 0 Å². The number of nitrogens with one attached hydrogen (secondary N) is 2. The molecule has 620 valence electrons. The predicted molar refractivity (Wildman–Crippen MR) is 444 cm³/mol. The molecule has 0 heterocycles. The van der Waals surface area contributed by atoms with Crippen LogP contribution < -0.4 is 10.6 Å². The minimum absolute atomic E-state index is 0.0229. The van der Waals surface area contributed by atoms with Crippen molar-refractivity contribution in [2.75, 3.05) is 65.6 Å². The third kappa shape index (κ3) is 77.3. The second-order valence-electron chi connectivity index (χ2n) is 31.8. The standard InChI is InChI=1S/C91H176N4O10/c1-7-13-19-25-31-49-63-81-102-88(98)69-55-41-33-45-59-75-94(77-61-47-35-43-57-71-90(100)104-84(65-51-37-27-21-15-9-3)66-52-38-28-22-16-10-4)79-73-92-86(96)83-87(97)93-74-80-95(76-60-46-34-42-56-70-89(99)103-82-64-50-32-26-20-14-8-2)78-62-48-36-44-58-72-91(101)105-85(67-53-39-29-23-17-11-5)68-54-40-30-24-18-12-6/h84-85H,7-83H2,1-6H3,(H,92,96)(H,93,97). The molecule has 105 heavy (non-hydrogen) atoms. The normalized spacial score (nSPS) is 11.6. The number of ether oxygens (including phenoxy) is 4. The first-order valence-electron chi connectivity index (χ1n) is 46.2. The van der Waals surface area contributed by atoms with Crippen molar-refractivity contribution >= 4 is 35.7 Å². The molecule has 14 nitrogen and oxygen atoms in total. The molecular weight excluding hydrogens is 1310 g/mol. The second-order valence-corrected chi connectivity index (χ2v) is 31.8. The Morgan fingerprint density at radius 3 is 0.705 bits per heavy atom. The Morgan fingerprint density at radius 1 is 0.238 bits per heavy atom. The molecule has 0 bridgehead atoms. The Bertz CT molecular complexity index is 1730. The summed E-state index contributed by atoms with van der Waals surface area (Å²) in [6, 6.07) is 0. The largest absolute Gasteiger partial charge is 0.466 e. The van der Waals surface area contributed by atoms with E-state index in [9.17, 15) is 28.8 Å². The number of carbonyl (C=O) groups excluding carboxylic acids is 6. The van der Waals surface area contributed by atoms with Crippen molar-refractivity contribution in [3.05, 3.63) is 0 Å². The van der Waals surface area contributed by atoms with Crippen LogP contribution in [0.2, 0.25) is 0 Å². The highest BCUT2D eigenvalue weighted by Crippen LogP contribution is 2.22. The highest BCUT2D eigenvalue weighted by Gasteiger charge is 2.18. The van der Waals surface area contributed by atoms with Crippen LogP contribution in [0.4, 0.5) is 0 Å². The molecule has 0 rings (SSSR count). The molecule has 0 aromatic carbocycles. The van der Waals surface area contributed by atoms with Crippen molar-refractivity contribution in [3.63, 3.8) is 0 Å². The summed E-state index contributed by atoms with van der Waals surface area (Å²) in [6.45, 7) is 20.7. The molecule has 0 atom stereocenters. The van der Waals surface area contributed by atoms with Gasteiger partial charge in [0.05, 0.1) is 13.2 Å². The van der Waals surface area contributed by atoms with Crippen LogP contribution in [-0.2, 0) is 47.7 Å². The van der Waals surface area contributed by atoms with Crippen LogP contribution in [-0.4, -0.2) is 123 Å². The molecule has 2 N–H and O–H groups in total. The van der Waals surface area contributed by atoms with Crippen LogP contribution in [0.25, 0.3) is 0 Å². The van der Waals surface area contributed by atoms with Gasteiger partial charge in [0.2, 0.25) is 11.8 Å². The van der Waals surface area contributed by atoms with Gasteiger partial charge in [0.15, 0.2) is 0 Å². The number of hydrogen-bond donors (Lipinski definition) is 2. The minimum atomic E-state index is -0.254. The van der Waals surface area contributed by atoms with Crippen LogP contribution in [0.3, 0.4) is 0 Å². The maximum Gasteiger partial charge on any atom is 0.306 e. The molecule has 0 radical (unpaired) electrons. The van der Waals surface area contributed by atoms with E-state index >= 15 is 0 Å². The number of rotatable bonds is 86.